The number of allylic oxidation sites excluding steroid dienone is 1. The first kappa shape index (κ1) is 26.8. The molecule has 0 spiro atoms. The van der Waals surface area contributed by atoms with Crippen LogP contribution in [0.25, 0.3) is 0 Å². The van der Waals surface area contributed by atoms with Gasteiger partial charge in [-0.15, -0.1) is 0 Å². The maximum absolute atomic E-state index is 13.3. The van der Waals surface area contributed by atoms with E-state index >= 15 is 0 Å². The van der Waals surface area contributed by atoms with Crippen molar-refractivity contribution >= 4 is 34.8 Å². The molecule has 0 saturated carbocycles. The van der Waals surface area contributed by atoms with Crippen molar-refractivity contribution < 1.29 is 28.6 Å². The summed E-state index contributed by atoms with van der Waals surface area (Å²) >= 11 is 1.44. The number of rotatable bonds is 8. The minimum atomic E-state index is -0.509. The van der Waals surface area contributed by atoms with Gasteiger partial charge >= 0.3 is 11.9 Å². The van der Waals surface area contributed by atoms with Gasteiger partial charge < -0.3 is 24.0 Å². The van der Waals surface area contributed by atoms with E-state index in [-0.39, 0.29) is 30.8 Å². The van der Waals surface area contributed by atoms with Crippen molar-refractivity contribution in [2.75, 3.05) is 33.4 Å². The Morgan fingerprint density at radius 3 is 2.51 bits per heavy atom. The number of aliphatic imine (C=N–C) groups is 1. The van der Waals surface area contributed by atoms with Crippen LogP contribution in [0, 0.1) is 5.92 Å². The molecule has 3 aliphatic rings. The Morgan fingerprint density at radius 1 is 1.11 bits per heavy atom. The summed E-state index contributed by atoms with van der Waals surface area (Å²) in [7, 11) is 1.60. The van der Waals surface area contributed by atoms with E-state index in [1.54, 1.807) is 32.8 Å². The number of fused-ring (bicyclic) bond motifs is 1. The summed E-state index contributed by atoms with van der Waals surface area (Å²) in [6, 6.07) is 7.04. The Bertz CT molecular complexity index is 1150. The molecule has 0 bridgehead atoms. The largest absolute Gasteiger partial charge is 0.497 e. The SMILES string of the molecule is CCOC(=O)C1=C(C)N=C2SC=C(CC(=O)N3CCC(C(=O)OCC)CC3)N2[C@H]1c1cccc(OC)c1. The summed E-state index contributed by atoms with van der Waals surface area (Å²) in [6.07, 6.45) is 1.35. The second-order valence-electron chi connectivity index (χ2n) is 8.97. The van der Waals surface area contributed by atoms with E-state index < -0.39 is 12.0 Å². The number of nitrogens with zero attached hydrogens (tertiary/aromatic N) is 3. The van der Waals surface area contributed by atoms with Gasteiger partial charge in [-0.1, -0.05) is 23.9 Å². The molecule has 3 aliphatic heterocycles. The summed E-state index contributed by atoms with van der Waals surface area (Å²) in [6.45, 7) is 7.00. The molecule has 9 nitrogen and oxygen atoms in total. The lowest BCUT2D eigenvalue weighted by atomic mass is 9.93. The first-order valence-electron chi connectivity index (χ1n) is 12.6. The first-order valence-corrected chi connectivity index (χ1v) is 13.5. The Hall–Kier alpha value is -3.27. The van der Waals surface area contributed by atoms with Crippen molar-refractivity contribution in [3.63, 3.8) is 0 Å². The molecule has 1 atom stereocenters. The number of thioether (sulfide) groups is 1. The molecule has 0 aliphatic carbocycles. The zero-order chi connectivity index (χ0) is 26.5. The summed E-state index contributed by atoms with van der Waals surface area (Å²) in [5, 5.41) is 2.64. The Balaban J connectivity index is 1.57. The first-order chi connectivity index (χ1) is 17.9. The summed E-state index contributed by atoms with van der Waals surface area (Å²) in [4.78, 5) is 47.0. The van der Waals surface area contributed by atoms with Crippen molar-refractivity contribution in [3.8, 4) is 5.75 Å². The second kappa shape index (κ2) is 11.9. The fourth-order valence-electron chi connectivity index (χ4n) is 4.86. The monoisotopic (exact) mass is 527 g/mol. The third-order valence-corrected chi connectivity index (χ3v) is 7.59. The number of likely N-dealkylation sites (tertiary alicyclic amines) is 1. The molecule has 0 radical (unpaired) electrons. The predicted octanol–water partition coefficient (Wildman–Crippen LogP) is 4.03. The maximum atomic E-state index is 13.3. The lowest BCUT2D eigenvalue weighted by molar-refractivity contribution is -0.151. The maximum Gasteiger partial charge on any atom is 0.338 e. The van der Waals surface area contributed by atoms with Crippen molar-refractivity contribution in [3.05, 3.63) is 52.2 Å². The predicted molar refractivity (Wildman–Crippen MR) is 141 cm³/mol. The van der Waals surface area contributed by atoms with Crippen molar-refractivity contribution in [2.45, 2.75) is 46.1 Å². The third-order valence-electron chi connectivity index (χ3n) is 6.71. The molecule has 10 heteroatoms. The van der Waals surface area contributed by atoms with E-state index in [4.69, 9.17) is 14.2 Å². The average molecular weight is 528 g/mol. The molecule has 198 valence electrons. The van der Waals surface area contributed by atoms with Crippen LogP contribution >= 0.6 is 11.8 Å². The minimum Gasteiger partial charge on any atom is -0.497 e. The van der Waals surface area contributed by atoms with E-state index in [0.717, 1.165) is 11.3 Å². The number of amides is 1. The van der Waals surface area contributed by atoms with Crippen LogP contribution in [0.5, 0.6) is 5.75 Å². The van der Waals surface area contributed by atoms with Crippen LogP contribution in [-0.4, -0.2) is 66.2 Å². The standard InChI is InChI=1S/C27H33N3O6S/c1-5-35-25(32)18-10-12-29(13-11-18)22(31)15-20-16-37-27-28-17(3)23(26(33)36-6-2)24(30(20)27)19-8-7-9-21(14-19)34-4/h7-9,14,16,18,24H,5-6,10-13,15H2,1-4H3/t24-/m0/s1. The van der Waals surface area contributed by atoms with Gasteiger partial charge in [-0.25, -0.2) is 9.79 Å². The van der Waals surface area contributed by atoms with Gasteiger partial charge in [0.1, 0.15) is 5.75 Å². The smallest absolute Gasteiger partial charge is 0.338 e. The van der Waals surface area contributed by atoms with Crippen LogP contribution in [0.4, 0.5) is 0 Å². The Kier molecular flexibility index (Phi) is 8.58. The fourth-order valence-corrected chi connectivity index (χ4v) is 5.82. The lowest BCUT2D eigenvalue weighted by Gasteiger charge is -2.37. The van der Waals surface area contributed by atoms with E-state index in [1.165, 1.54) is 11.8 Å². The van der Waals surface area contributed by atoms with Crippen LogP contribution in [0.1, 0.15) is 51.6 Å². The normalized spacial score (nSPS) is 19.7. The van der Waals surface area contributed by atoms with Crippen LogP contribution < -0.4 is 4.74 Å². The van der Waals surface area contributed by atoms with Gasteiger partial charge in [-0.05, 0) is 56.7 Å². The van der Waals surface area contributed by atoms with Crippen molar-refractivity contribution in [1.82, 2.24) is 9.80 Å². The molecular weight excluding hydrogens is 494 g/mol. The number of hydrogen-bond acceptors (Lipinski definition) is 9. The number of ether oxygens (including phenoxy) is 3. The lowest BCUT2D eigenvalue weighted by Crippen LogP contribution is -2.42. The zero-order valence-corrected chi connectivity index (χ0v) is 22.5. The van der Waals surface area contributed by atoms with Crippen LogP contribution in [0.15, 0.2) is 51.6 Å². The number of hydrogen-bond donors (Lipinski definition) is 0. The van der Waals surface area contributed by atoms with E-state index in [9.17, 15) is 14.4 Å². The highest BCUT2D eigenvalue weighted by atomic mass is 32.2. The highest BCUT2D eigenvalue weighted by Gasteiger charge is 2.41. The molecule has 1 amide bonds. The molecule has 1 aromatic rings. The summed E-state index contributed by atoms with van der Waals surface area (Å²) < 4.78 is 16.0. The molecule has 1 saturated heterocycles. The molecule has 0 aromatic heterocycles. The Labute approximate surface area is 221 Å². The van der Waals surface area contributed by atoms with E-state index in [1.807, 2.05) is 34.6 Å². The number of amidine groups is 1. The van der Waals surface area contributed by atoms with E-state index in [0.29, 0.717) is 54.7 Å². The van der Waals surface area contributed by atoms with Gasteiger partial charge in [0.25, 0.3) is 0 Å². The molecule has 3 heterocycles. The van der Waals surface area contributed by atoms with Crippen molar-refractivity contribution in [1.29, 1.82) is 0 Å². The third kappa shape index (κ3) is 5.69. The van der Waals surface area contributed by atoms with Crippen molar-refractivity contribution in [2.24, 2.45) is 10.9 Å². The zero-order valence-electron chi connectivity index (χ0n) is 21.7. The Morgan fingerprint density at radius 2 is 1.84 bits per heavy atom. The molecule has 1 aromatic carbocycles. The molecule has 1 fully saturated rings. The van der Waals surface area contributed by atoms with Gasteiger partial charge in [0.2, 0.25) is 5.91 Å². The summed E-state index contributed by atoms with van der Waals surface area (Å²) in [5.74, 6) is -0.138. The van der Waals surface area contributed by atoms with Crippen LogP contribution in [0.2, 0.25) is 0 Å². The number of methoxy groups -OCH3 is 1. The van der Waals surface area contributed by atoms with Gasteiger partial charge in [-0.3, -0.25) is 9.59 Å². The number of esters is 2. The van der Waals surface area contributed by atoms with Gasteiger partial charge in [0.15, 0.2) is 5.17 Å². The number of benzene rings is 1. The quantitative estimate of drug-likeness (QED) is 0.468. The van der Waals surface area contributed by atoms with Gasteiger partial charge in [0.05, 0.1) is 50.0 Å². The van der Waals surface area contributed by atoms with E-state index in [2.05, 4.69) is 4.99 Å². The van der Waals surface area contributed by atoms with Crippen LogP contribution in [0.3, 0.4) is 0 Å². The number of piperidine rings is 1. The topological polar surface area (TPSA) is 97.7 Å². The molecular formula is C27H33N3O6S. The highest BCUT2D eigenvalue weighted by Crippen LogP contribution is 2.45. The highest BCUT2D eigenvalue weighted by molar-refractivity contribution is 8.16. The summed E-state index contributed by atoms with van der Waals surface area (Å²) in [5.41, 5.74) is 2.63. The molecule has 0 unspecified atom stereocenters. The number of carbonyl (C=O) groups excluding carboxylic acids is 3. The molecule has 37 heavy (non-hydrogen) atoms. The second-order valence-corrected chi connectivity index (χ2v) is 9.81. The van der Waals surface area contributed by atoms with Crippen LogP contribution in [-0.2, 0) is 23.9 Å². The average Bonchev–Trinajstić information content (AvgIpc) is 3.29. The molecule has 4 rings (SSSR count). The van der Waals surface area contributed by atoms with Gasteiger partial charge in [0, 0.05) is 18.8 Å². The van der Waals surface area contributed by atoms with Gasteiger partial charge in [-0.2, -0.15) is 0 Å². The molecule has 0 N–H and O–H groups in total. The minimum absolute atomic E-state index is 0.0243. The number of carbonyl (C=O) groups is 3. The fraction of sp³-hybridized carbons (Fsp3) is 0.481.